The molecule has 3 N–H and O–H groups in total. The number of benzene rings is 1. The normalized spacial score (nSPS) is 9.54. The monoisotopic (exact) mass is 337 g/mol. The van der Waals surface area contributed by atoms with Crippen LogP contribution in [0.25, 0.3) is 0 Å². The van der Waals surface area contributed by atoms with Crippen molar-refractivity contribution >= 4 is 23.8 Å². The second kappa shape index (κ2) is 9.72. The Kier molecular flexibility index (Phi) is 7.62. The first-order valence-corrected chi connectivity index (χ1v) is 6.80. The molecule has 0 fully saturated rings. The van der Waals surface area contributed by atoms with Gasteiger partial charge in [0.25, 0.3) is 11.8 Å². The van der Waals surface area contributed by atoms with Crippen molar-refractivity contribution in [2.75, 3.05) is 19.7 Å². The van der Waals surface area contributed by atoms with Crippen LogP contribution >= 0.6 is 0 Å². The Bertz CT molecular complexity index is 648. The number of hydrogen-bond donors (Lipinski definition) is 3. The molecule has 1 aromatic rings. The fourth-order valence-electron chi connectivity index (χ4n) is 1.45. The van der Waals surface area contributed by atoms with Crippen molar-refractivity contribution < 1.29 is 28.3 Å². The van der Waals surface area contributed by atoms with Crippen molar-refractivity contribution in [1.29, 1.82) is 0 Å². The Hall–Kier alpha value is -3.23. The number of nitrogens with one attached hydrogen (secondary N) is 3. The zero-order valence-electron chi connectivity index (χ0n) is 12.6. The molecule has 0 spiro atoms. The van der Waals surface area contributed by atoms with Crippen LogP contribution in [0.3, 0.4) is 0 Å². The molecule has 0 aliphatic rings. The molecule has 0 saturated heterocycles. The van der Waals surface area contributed by atoms with E-state index in [1.165, 1.54) is 24.3 Å². The number of amides is 4. The van der Waals surface area contributed by atoms with Crippen molar-refractivity contribution in [1.82, 2.24) is 16.0 Å². The number of esters is 1. The predicted molar refractivity (Wildman–Crippen MR) is 81.4 cm³/mol. The van der Waals surface area contributed by atoms with Crippen LogP contribution in [0.4, 0.5) is 9.18 Å². The van der Waals surface area contributed by atoms with E-state index < -0.39 is 42.8 Å². The zero-order chi connectivity index (χ0) is 17.9. The van der Waals surface area contributed by atoms with Gasteiger partial charge in [0.15, 0.2) is 6.61 Å². The van der Waals surface area contributed by atoms with E-state index in [9.17, 15) is 23.6 Å². The van der Waals surface area contributed by atoms with Gasteiger partial charge in [0, 0.05) is 12.1 Å². The van der Waals surface area contributed by atoms with Crippen molar-refractivity contribution in [3.8, 4) is 0 Å². The predicted octanol–water partition coefficient (Wildman–Crippen LogP) is 0.111. The van der Waals surface area contributed by atoms with E-state index in [2.05, 4.69) is 21.9 Å². The van der Waals surface area contributed by atoms with E-state index in [1.807, 2.05) is 5.32 Å². The molecule has 0 aliphatic heterocycles. The standard InChI is InChI=1S/C15H16FN3O5/c1-2-6-17-15(23)19-12(20)9-24-13(21)8-18-14(22)10-4-3-5-11(16)7-10/h2-5,7H,1,6,8-9H2,(H,18,22)(H2,17,19,20,23). The molecular weight excluding hydrogens is 321 g/mol. The van der Waals surface area contributed by atoms with Gasteiger partial charge in [-0.15, -0.1) is 6.58 Å². The highest BCUT2D eigenvalue weighted by molar-refractivity contribution is 5.97. The maximum Gasteiger partial charge on any atom is 0.325 e. The lowest BCUT2D eigenvalue weighted by molar-refractivity contribution is -0.147. The summed E-state index contributed by atoms with van der Waals surface area (Å²) < 4.78 is 17.5. The number of hydrogen-bond acceptors (Lipinski definition) is 5. The minimum Gasteiger partial charge on any atom is -0.454 e. The third-order valence-electron chi connectivity index (χ3n) is 2.50. The van der Waals surface area contributed by atoms with Crippen LogP contribution in [-0.4, -0.2) is 43.5 Å². The van der Waals surface area contributed by atoms with Crippen LogP contribution in [0.5, 0.6) is 0 Å². The van der Waals surface area contributed by atoms with Crippen molar-refractivity contribution in [2.45, 2.75) is 0 Å². The highest BCUT2D eigenvalue weighted by Crippen LogP contribution is 2.02. The Labute approximate surface area is 137 Å². The molecule has 0 bridgehead atoms. The largest absolute Gasteiger partial charge is 0.454 e. The van der Waals surface area contributed by atoms with E-state index in [1.54, 1.807) is 0 Å². The molecule has 0 aliphatic carbocycles. The van der Waals surface area contributed by atoms with Crippen LogP contribution < -0.4 is 16.0 Å². The maximum absolute atomic E-state index is 13.0. The first-order chi connectivity index (χ1) is 11.4. The van der Waals surface area contributed by atoms with Crippen molar-refractivity contribution in [3.05, 3.63) is 48.3 Å². The highest BCUT2D eigenvalue weighted by atomic mass is 19.1. The maximum atomic E-state index is 13.0. The highest BCUT2D eigenvalue weighted by Gasteiger charge is 2.12. The molecular formula is C15H16FN3O5. The summed E-state index contributed by atoms with van der Waals surface area (Å²) >= 11 is 0. The summed E-state index contributed by atoms with van der Waals surface area (Å²) in [6, 6.07) is 4.16. The molecule has 24 heavy (non-hydrogen) atoms. The Morgan fingerprint density at radius 1 is 1.21 bits per heavy atom. The minimum atomic E-state index is -0.888. The molecule has 128 valence electrons. The Morgan fingerprint density at radius 3 is 2.62 bits per heavy atom. The summed E-state index contributed by atoms with van der Waals surface area (Å²) in [5.74, 6) is -2.97. The van der Waals surface area contributed by atoms with E-state index in [-0.39, 0.29) is 12.1 Å². The lowest BCUT2D eigenvalue weighted by Gasteiger charge is -2.07. The van der Waals surface area contributed by atoms with Gasteiger partial charge in [0.05, 0.1) is 0 Å². The van der Waals surface area contributed by atoms with Gasteiger partial charge in [-0.05, 0) is 18.2 Å². The quantitative estimate of drug-likeness (QED) is 0.483. The molecule has 1 rings (SSSR count). The molecule has 0 heterocycles. The first kappa shape index (κ1) is 18.8. The molecule has 1 aromatic carbocycles. The molecule has 0 unspecified atom stereocenters. The third kappa shape index (κ3) is 7.16. The summed E-state index contributed by atoms with van der Waals surface area (Å²) in [6.07, 6.45) is 1.42. The van der Waals surface area contributed by atoms with Crippen LogP contribution in [0.2, 0.25) is 0 Å². The van der Waals surface area contributed by atoms with E-state index in [0.717, 1.165) is 6.07 Å². The Morgan fingerprint density at radius 2 is 1.96 bits per heavy atom. The van der Waals surface area contributed by atoms with Crippen LogP contribution in [0, 0.1) is 5.82 Å². The number of carbonyl (C=O) groups is 4. The van der Waals surface area contributed by atoms with Gasteiger partial charge in [0.2, 0.25) is 0 Å². The number of urea groups is 1. The van der Waals surface area contributed by atoms with E-state index >= 15 is 0 Å². The molecule has 8 nitrogen and oxygen atoms in total. The SMILES string of the molecule is C=CCNC(=O)NC(=O)COC(=O)CNC(=O)c1cccc(F)c1. The number of carbonyl (C=O) groups excluding carboxylic acids is 4. The minimum absolute atomic E-state index is 0.0411. The fraction of sp³-hybridized carbons (Fsp3) is 0.200. The third-order valence-corrected chi connectivity index (χ3v) is 2.50. The van der Waals surface area contributed by atoms with E-state index in [4.69, 9.17) is 0 Å². The van der Waals surface area contributed by atoms with Gasteiger partial charge < -0.3 is 15.4 Å². The lowest BCUT2D eigenvalue weighted by atomic mass is 10.2. The lowest BCUT2D eigenvalue weighted by Crippen LogP contribution is -2.42. The van der Waals surface area contributed by atoms with Crippen LogP contribution in [0.15, 0.2) is 36.9 Å². The molecule has 0 atom stereocenters. The summed E-state index contributed by atoms with van der Waals surface area (Å²) in [5, 5.41) is 6.44. The molecule has 0 radical (unpaired) electrons. The van der Waals surface area contributed by atoms with Gasteiger partial charge in [-0.1, -0.05) is 12.1 Å². The zero-order valence-corrected chi connectivity index (χ0v) is 12.6. The second-order valence-corrected chi connectivity index (χ2v) is 4.40. The van der Waals surface area contributed by atoms with E-state index in [0.29, 0.717) is 0 Å². The fourth-order valence-corrected chi connectivity index (χ4v) is 1.45. The van der Waals surface area contributed by atoms with Gasteiger partial charge in [-0.3, -0.25) is 19.7 Å². The molecule has 0 aromatic heterocycles. The van der Waals surface area contributed by atoms with Crippen molar-refractivity contribution in [2.24, 2.45) is 0 Å². The number of rotatable bonds is 7. The summed E-state index contributed by atoms with van der Waals surface area (Å²) in [7, 11) is 0. The topological polar surface area (TPSA) is 114 Å². The molecule has 0 saturated carbocycles. The summed E-state index contributed by atoms with van der Waals surface area (Å²) in [5.41, 5.74) is 0.0411. The van der Waals surface area contributed by atoms with Gasteiger partial charge >= 0.3 is 12.0 Å². The van der Waals surface area contributed by atoms with Gasteiger partial charge in [-0.2, -0.15) is 0 Å². The second-order valence-electron chi connectivity index (χ2n) is 4.40. The van der Waals surface area contributed by atoms with Gasteiger partial charge in [0.1, 0.15) is 12.4 Å². The Balaban J connectivity index is 2.29. The summed E-state index contributed by atoms with van der Waals surface area (Å²) in [4.78, 5) is 45.5. The smallest absolute Gasteiger partial charge is 0.325 e. The number of halogens is 1. The molecule has 4 amide bonds. The molecule has 9 heteroatoms. The van der Waals surface area contributed by atoms with Crippen LogP contribution in [0.1, 0.15) is 10.4 Å². The average Bonchev–Trinajstić information content (AvgIpc) is 2.55. The summed E-state index contributed by atoms with van der Waals surface area (Å²) in [6.45, 7) is 2.36. The number of ether oxygens (including phenoxy) is 1. The first-order valence-electron chi connectivity index (χ1n) is 6.80. The van der Waals surface area contributed by atoms with Crippen LogP contribution in [-0.2, 0) is 14.3 Å². The average molecular weight is 337 g/mol. The number of imide groups is 1. The van der Waals surface area contributed by atoms with Crippen molar-refractivity contribution in [3.63, 3.8) is 0 Å². The van der Waals surface area contributed by atoms with Gasteiger partial charge in [-0.25, -0.2) is 9.18 Å².